The highest BCUT2D eigenvalue weighted by atomic mass is 16.5. The zero-order valence-electron chi connectivity index (χ0n) is 15.1. The molecule has 5 heteroatoms. The van der Waals surface area contributed by atoms with Crippen LogP contribution >= 0.6 is 0 Å². The molecule has 2 aromatic carbocycles. The second-order valence-electron chi connectivity index (χ2n) is 6.66. The number of amides is 1. The first-order valence-electron chi connectivity index (χ1n) is 8.78. The Morgan fingerprint density at radius 2 is 1.96 bits per heavy atom. The molecule has 1 unspecified atom stereocenters. The van der Waals surface area contributed by atoms with E-state index in [1.165, 1.54) is 11.6 Å². The molecule has 3 rings (SSSR count). The molecule has 0 aromatic heterocycles. The van der Waals surface area contributed by atoms with Crippen molar-refractivity contribution < 1.29 is 19.4 Å². The van der Waals surface area contributed by atoms with E-state index >= 15 is 0 Å². The van der Waals surface area contributed by atoms with Crippen molar-refractivity contribution in [3.05, 3.63) is 64.7 Å². The fourth-order valence-corrected chi connectivity index (χ4v) is 3.43. The fourth-order valence-electron chi connectivity index (χ4n) is 3.43. The summed E-state index contributed by atoms with van der Waals surface area (Å²) in [6, 6.07) is 13.0. The summed E-state index contributed by atoms with van der Waals surface area (Å²) in [4.78, 5) is 26.3. The van der Waals surface area contributed by atoms with E-state index < -0.39 is 5.97 Å². The molecule has 0 aliphatic heterocycles. The number of esters is 1. The summed E-state index contributed by atoms with van der Waals surface area (Å²) < 4.78 is 5.14. The van der Waals surface area contributed by atoms with Crippen molar-refractivity contribution in [3.8, 4) is 5.75 Å². The number of phenols is 1. The summed E-state index contributed by atoms with van der Waals surface area (Å²) >= 11 is 0. The highest BCUT2D eigenvalue weighted by molar-refractivity contribution is 5.94. The molecule has 0 saturated carbocycles. The third kappa shape index (κ3) is 3.57. The number of carbonyl (C=O) groups excluding carboxylic acids is 2. The number of aryl methyl sites for hydroxylation is 2. The monoisotopic (exact) mass is 353 g/mol. The number of likely N-dealkylation sites (N-methyl/N-ethyl adjacent to an activating group) is 1. The van der Waals surface area contributed by atoms with E-state index in [4.69, 9.17) is 4.74 Å². The molecular formula is C21H23NO4. The minimum Gasteiger partial charge on any atom is -0.507 e. The van der Waals surface area contributed by atoms with Gasteiger partial charge < -0.3 is 14.7 Å². The van der Waals surface area contributed by atoms with E-state index in [1.807, 2.05) is 12.1 Å². The van der Waals surface area contributed by atoms with Crippen molar-refractivity contribution in [3.63, 3.8) is 0 Å². The summed E-state index contributed by atoms with van der Waals surface area (Å²) in [5.74, 6) is -1.07. The van der Waals surface area contributed by atoms with Gasteiger partial charge in [-0.2, -0.15) is 0 Å². The molecule has 2 aromatic rings. The average Bonchev–Trinajstić information content (AvgIpc) is 2.67. The van der Waals surface area contributed by atoms with Crippen molar-refractivity contribution >= 4 is 11.9 Å². The largest absolute Gasteiger partial charge is 0.507 e. The molecule has 1 amide bonds. The van der Waals surface area contributed by atoms with Crippen LogP contribution in [0.1, 0.15) is 45.9 Å². The molecule has 1 aliphatic rings. The summed E-state index contributed by atoms with van der Waals surface area (Å²) in [5.41, 5.74) is 3.09. The second-order valence-corrected chi connectivity index (χ2v) is 6.66. The summed E-state index contributed by atoms with van der Waals surface area (Å²) in [5, 5.41) is 9.96. The zero-order valence-corrected chi connectivity index (χ0v) is 15.1. The lowest BCUT2D eigenvalue weighted by atomic mass is 9.87. The Labute approximate surface area is 153 Å². The van der Waals surface area contributed by atoms with E-state index in [1.54, 1.807) is 31.0 Å². The molecule has 0 spiro atoms. The maximum atomic E-state index is 12.5. The maximum Gasteiger partial charge on any atom is 0.342 e. The first-order chi connectivity index (χ1) is 12.5. The van der Waals surface area contributed by atoms with Crippen molar-refractivity contribution in [2.45, 2.75) is 32.2 Å². The van der Waals surface area contributed by atoms with Gasteiger partial charge in [-0.15, -0.1) is 0 Å². The van der Waals surface area contributed by atoms with Crippen LogP contribution < -0.4 is 0 Å². The Morgan fingerprint density at radius 1 is 1.19 bits per heavy atom. The average molecular weight is 353 g/mol. The van der Waals surface area contributed by atoms with Crippen molar-refractivity contribution in [1.29, 1.82) is 0 Å². The number of phenolic OH excluding ortho intramolecular Hbond substituents is 1. The van der Waals surface area contributed by atoms with Crippen LogP contribution in [0.4, 0.5) is 0 Å². The van der Waals surface area contributed by atoms with Crippen LogP contribution in [0, 0.1) is 6.92 Å². The second kappa shape index (κ2) is 7.60. The van der Waals surface area contributed by atoms with Crippen LogP contribution in [-0.2, 0) is 16.0 Å². The van der Waals surface area contributed by atoms with E-state index in [9.17, 15) is 14.7 Å². The number of hydrogen-bond acceptors (Lipinski definition) is 4. The number of hydrogen-bond donors (Lipinski definition) is 1. The summed E-state index contributed by atoms with van der Waals surface area (Å²) in [6.45, 7) is 1.35. The number of nitrogens with zero attached hydrogens (tertiary/aromatic N) is 1. The number of benzene rings is 2. The first-order valence-corrected chi connectivity index (χ1v) is 8.78. The van der Waals surface area contributed by atoms with E-state index in [-0.39, 0.29) is 29.9 Å². The molecule has 1 N–H and O–H groups in total. The van der Waals surface area contributed by atoms with Crippen LogP contribution in [0.15, 0.2) is 42.5 Å². The first kappa shape index (κ1) is 18.0. The molecule has 0 saturated heterocycles. The standard InChI is InChI=1S/C21H23NO4/c1-14-7-5-11-17(20(14)24)21(25)26-13-19(23)22(2)18-12-6-9-15-8-3-4-10-16(15)18/h3-5,7-8,10-11,18,24H,6,9,12-13H2,1-2H3. The lowest BCUT2D eigenvalue weighted by molar-refractivity contribution is -0.135. The summed E-state index contributed by atoms with van der Waals surface area (Å²) in [7, 11) is 1.74. The zero-order chi connectivity index (χ0) is 18.7. The van der Waals surface area contributed by atoms with Crippen LogP contribution in [-0.4, -0.2) is 35.5 Å². The minimum atomic E-state index is -0.697. The predicted octanol–water partition coefficient (Wildman–Crippen LogP) is 3.39. The predicted molar refractivity (Wildman–Crippen MR) is 98.0 cm³/mol. The lowest BCUT2D eigenvalue weighted by Gasteiger charge is -2.33. The summed E-state index contributed by atoms with van der Waals surface area (Å²) in [6.07, 6.45) is 2.94. The lowest BCUT2D eigenvalue weighted by Crippen LogP contribution is -2.36. The highest BCUT2D eigenvalue weighted by Crippen LogP contribution is 2.33. The van der Waals surface area contributed by atoms with Gasteiger partial charge in [0, 0.05) is 7.05 Å². The number of rotatable bonds is 4. The molecule has 26 heavy (non-hydrogen) atoms. The quantitative estimate of drug-likeness (QED) is 0.856. The third-order valence-electron chi connectivity index (χ3n) is 4.98. The Hall–Kier alpha value is -2.82. The molecule has 0 bridgehead atoms. The van der Waals surface area contributed by atoms with Crippen LogP contribution in [0.5, 0.6) is 5.75 Å². The van der Waals surface area contributed by atoms with Crippen LogP contribution in [0.2, 0.25) is 0 Å². The maximum absolute atomic E-state index is 12.5. The highest BCUT2D eigenvalue weighted by Gasteiger charge is 2.27. The Morgan fingerprint density at radius 3 is 2.77 bits per heavy atom. The van der Waals surface area contributed by atoms with Crippen molar-refractivity contribution in [1.82, 2.24) is 4.90 Å². The molecule has 0 heterocycles. The molecule has 136 valence electrons. The number of para-hydroxylation sites is 1. The SMILES string of the molecule is Cc1cccc(C(=O)OCC(=O)N(C)C2CCCc3ccccc32)c1O. The number of carbonyl (C=O) groups is 2. The van der Waals surface area contributed by atoms with Gasteiger partial charge in [0.25, 0.3) is 5.91 Å². The van der Waals surface area contributed by atoms with Gasteiger partial charge in [0.1, 0.15) is 11.3 Å². The Kier molecular flexibility index (Phi) is 5.26. The Bertz CT molecular complexity index is 831. The molecule has 1 aliphatic carbocycles. The Balaban J connectivity index is 1.65. The molecule has 5 nitrogen and oxygen atoms in total. The molecular weight excluding hydrogens is 330 g/mol. The van der Waals surface area contributed by atoms with Gasteiger partial charge in [-0.25, -0.2) is 4.79 Å². The normalized spacial score (nSPS) is 15.8. The minimum absolute atomic E-state index is 0.00137. The van der Waals surface area contributed by atoms with Gasteiger partial charge in [0.15, 0.2) is 6.61 Å². The van der Waals surface area contributed by atoms with Crippen molar-refractivity contribution in [2.24, 2.45) is 0 Å². The smallest absolute Gasteiger partial charge is 0.342 e. The molecule has 0 fully saturated rings. The number of fused-ring (bicyclic) bond motifs is 1. The van der Waals surface area contributed by atoms with Gasteiger partial charge in [0.05, 0.1) is 6.04 Å². The third-order valence-corrected chi connectivity index (χ3v) is 4.98. The number of aromatic hydroxyl groups is 1. The van der Waals surface area contributed by atoms with Gasteiger partial charge in [0.2, 0.25) is 0 Å². The van der Waals surface area contributed by atoms with Crippen molar-refractivity contribution in [2.75, 3.05) is 13.7 Å². The van der Waals surface area contributed by atoms with Gasteiger partial charge in [-0.1, -0.05) is 36.4 Å². The van der Waals surface area contributed by atoms with Gasteiger partial charge >= 0.3 is 5.97 Å². The van der Waals surface area contributed by atoms with E-state index in [0.717, 1.165) is 24.8 Å². The molecule has 1 atom stereocenters. The fraction of sp³-hybridized carbons (Fsp3) is 0.333. The topological polar surface area (TPSA) is 66.8 Å². The van der Waals surface area contributed by atoms with Gasteiger partial charge in [-0.3, -0.25) is 4.79 Å². The van der Waals surface area contributed by atoms with E-state index in [0.29, 0.717) is 5.56 Å². The number of ether oxygens (including phenoxy) is 1. The molecule has 0 radical (unpaired) electrons. The van der Waals surface area contributed by atoms with Crippen LogP contribution in [0.25, 0.3) is 0 Å². The van der Waals surface area contributed by atoms with Crippen LogP contribution in [0.3, 0.4) is 0 Å². The van der Waals surface area contributed by atoms with E-state index in [2.05, 4.69) is 12.1 Å². The van der Waals surface area contributed by atoms with Gasteiger partial charge in [-0.05, 0) is 48.9 Å².